The molecular formula is C47H49N3O7S. The second-order valence-electron chi connectivity index (χ2n) is 14.4. The van der Waals surface area contributed by atoms with E-state index in [4.69, 9.17) is 9.47 Å². The van der Waals surface area contributed by atoms with Gasteiger partial charge < -0.3 is 25.0 Å². The van der Waals surface area contributed by atoms with Gasteiger partial charge in [0.25, 0.3) is 17.7 Å². The Labute approximate surface area is 343 Å². The number of nitrogens with zero attached hydrogens (tertiary/aromatic N) is 1. The van der Waals surface area contributed by atoms with Crippen LogP contribution in [0.4, 0.5) is 10.7 Å². The van der Waals surface area contributed by atoms with Gasteiger partial charge in [-0.05, 0) is 134 Å². The summed E-state index contributed by atoms with van der Waals surface area (Å²) < 4.78 is 9.59. The van der Waals surface area contributed by atoms with Crippen molar-refractivity contribution in [2.24, 2.45) is 0 Å². The summed E-state index contributed by atoms with van der Waals surface area (Å²) >= 11 is 1.46. The lowest BCUT2D eigenvalue weighted by Crippen LogP contribution is -2.39. The van der Waals surface area contributed by atoms with Crippen LogP contribution in [0.25, 0.3) is 0 Å². The number of anilines is 2. The second kappa shape index (κ2) is 19.4. The SMILES string of the molecule is CCC(CC)N(Cc1cccc(C(=O)Nc2sc3c(c2C(=O)Nc2ccc(CCc4ccc(C(=O)OC)cc4)cc2)CCCC3)c1)C(=O)c1ccc(C(=O)OC)cc1. The molecule has 0 saturated heterocycles. The summed E-state index contributed by atoms with van der Waals surface area (Å²) in [6.07, 6.45) is 6.71. The predicted molar refractivity (Wildman–Crippen MR) is 227 cm³/mol. The molecule has 3 amide bonds. The Morgan fingerprint density at radius 2 is 1.22 bits per heavy atom. The topological polar surface area (TPSA) is 131 Å². The third-order valence-corrected chi connectivity index (χ3v) is 11.9. The summed E-state index contributed by atoms with van der Waals surface area (Å²) in [4.78, 5) is 68.4. The van der Waals surface area contributed by atoms with Gasteiger partial charge in [-0.1, -0.05) is 50.2 Å². The lowest BCUT2D eigenvalue weighted by atomic mass is 9.95. The van der Waals surface area contributed by atoms with Crippen LogP contribution in [0.1, 0.15) is 118 Å². The number of rotatable bonds is 15. The number of amides is 3. The van der Waals surface area contributed by atoms with Crippen molar-refractivity contribution in [3.8, 4) is 0 Å². The number of nitrogens with one attached hydrogen (secondary N) is 2. The average Bonchev–Trinajstić information content (AvgIpc) is 3.63. The zero-order valence-electron chi connectivity index (χ0n) is 33.4. The van der Waals surface area contributed by atoms with Gasteiger partial charge in [0.05, 0.1) is 30.9 Å². The monoisotopic (exact) mass is 799 g/mol. The molecule has 1 aliphatic rings. The van der Waals surface area contributed by atoms with Crippen molar-refractivity contribution in [2.45, 2.75) is 77.8 Å². The Morgan fingerprint density at radius 3 is 1.83 bits per heavy atom. The molecule has 1 heterocycles. The maximum atomic E-state index is 14.0. The molecule has 0 bridgehead atoms. The van der Waals surface area contributed by atoms with E-state index in [0.717, 1.165) is 78.5 Å². The molecule has 11 heteroatoms. The number of thiophene rings is 1. The number of hydrogen-bond donors (Lipinski definition) is 2. The maximum Gasteiger partial charge on any atom is 0.337 e. The Bertz CT molecular complexity index is 2260. The minimum absolute atomic E-state index is 0.0431. The number of fused-ring (bicyclic) bond motifs is 1. The Hall–Kier alpha value is -6.07. The average molecular weight is 800 g/mol. The lowest BCUT2D eigenvalue weighted by molar-refractivity contribution is 0.0591. The van der Waals surface area contributed by atoms with Crippen molar-refractivity contribution in [1.82, 2.24) is 4.90 Å². The van der Waals surface area contributed by atoms with E-state index in [-0.39, 0.29) is 36.3 Å². The molecule has 300 valence electrons. The van der Waals surface area contributed by atoms with Crippen LogP contribution in [0.2, 0.25) is 0 Å². The van der Waals surface area contributed by atoms with Gasteiger partial charge in [0.2, 0.25) is 0 Å². The second-order valence-corrected chi connectivity index (χ2v) is 15.5. The smallest absolute Gasteiger partial charge is 0.337 e. The van der Waals surface area contributed by atoms with Gasteiger partial charge in [-0.3, -0.25) is 14.4 Å². The van der Waals surface area contributed by atoms with Gasteiger partial charge in [0.1, 0.15) is 5.00 Å². The number of carbonyl (C=O) groups is 5. The van der Waals surface area contributed by atoms with Crippen LogP contribution in [0.5, 0.6) is 0 Å². The van der Waals surface area contributed by atoms with Crippen LogP contribution < -0.4 is 10.6 Å². The summed E-state index contributed by atoms with van der Waals surface area (Å²) in [7, 11) is 2.68. The van der Waals surface area contributed by atoms with E-state index in [0.29, 0.717) is 38.5 Å². The Kier molecular flexibility index (Phi) is 13.9. The zero-order valence-corrected chi connectivity index (χ0v) is 34.2. The van der Waals surface area contributed by atoms with Gasteiger partial charge in [-0.25, -0.2) is 9.59 Å². The van der Waals surface area contributed by atoms with E-state index in [9.17, 15) is 24.0 Å². The lowest BCUT2D eigenvalue weighted by Gasteiger charge is -2.31. The van der Waals surface area contributed by atoms with Crippen molar-refractivity contribution in [3.63, 3.8) is 0 Å². The van der Waals surface area contributed by atoms with Crippen molar-refractivity contribution in [2.75, 3.05) is 24.9 Å². The number of hydrogen-bond acceptors (Lipinski definition) is 8. The summed E-state index contributed by atoms with van der Waals surface area (Å²) in [5.74, 6) is -1.60. The van der Waals surface area contributed by atoms with Gasteiger partial charge in [0, 0.05) is 34.3 Å². The van der Waals surface area contributed by atoms with Crippen LogP contribution in [0.15, 0.2) is 97.1 Å². The molecule has 5 aromatic rings. The fourth-order valence-electron chi connectivity index (χ4n) is 7.37. The summed E-state index contributed by atoms with van der Waals surface area (Å²) in [6, 6.07) is 28.8. The van der Waals surface area contributed by atoms with Crippen LogP contribution in [-0.2, 0) is 41.7 Å². The van der Waals surface area contributed by atoms with E-state index in [1.165, 1.54) is 25.6 Å². The molecule has 10 nitrogen and oxygen atoms in total. The van der Waals surface area contributed by atoms with E-state index >= 15 is 0 Å². The van der Waals surface area contributed by atoms with E-state index in [1.54, 1.807) is 48.5 Å². The molecule has 0 spiro atoms. The van der Waals surface area contributed by atoms with E-state index in [2.05, 4.69) is 10.6 Å². The molecule has 6 rings (SSSR count). The maximum absolute atomic E-state index is 14.0. The van der Waals surface area contributed by atoms with Gasteiger partial charge in [0.15, 0.2) is 0 Å². The minimum atomic E-state index is -0.470. The van der Waals surface area contributed by atoms with Crippen LogP contribution in [0.3, 0.4) is 0 Å². The fourth-order valence-corrected chi connectivity index (χ4v) is 8.65. The molecule has 0 fully saturated rings. The highest BCUT2D eigenvalue weighted by molar-refractivity contribution is 7.17. The molecule has 0 atom stereocenters. The van der Waals surface area contributed by atoms with E-state index < -0.39 is 5.97 Å². The Balaban J connectivity index is 1.15. The number of benzene rings is 4. The summed E-state index contributed by atoms with van der Waals surface area (Å²) in [5.41, 5.74) is 6.93. The molecular weight excluding hydrogens is 751 g/mol. The first-order valence-electron chi connectivity index (χ1n) is 19.7. The normalized spacial score (nSPS) is 12.0. The third-order valence-electron chi connectivity index (χ3n) is 10.7. The molecule has 1 aromatic heterocycles. The molecule has 4 aromatic carbocycles. The van der Waals surface area contributed by atoms with E-state index in [1.807, 2.05) is 67.3 Å². The fraction of sp³-hybridized carbons (Fsp3) is 0.298. The van der Waals surface area contributed by atoms with Crippen molar-refractivity contribution < 1.29 is 33.4 Å². The van der Waals surface area contributed by atoms with Crippen molar-refractivity contribution in [3.05, 3.63) is 152 Å². The highest BCUT2D eigenvalue weighted by Crippen LogP contribution is 2.39. The number of carbonyl (C=O) groups excluding carboxylic acids is 5. The highest BCUT2D eigenvalue weighted by atomic mass is 32.1. The molecule has 0 radical (unpaired) electrons. The number of ether oxygens (including phenoxy) is 2. The van der Waals surface area contributed by atoms with Gasteiger partial charge in [-0.15, -0.1) is 11.3 Å². The summed E-state index contributed by atoms with van der Waals surface area (Å²) in [5, 5.41) is 6.67. The number of methoxy groups -OCH3 is 2. The first-order chi connectivity index (χ1) is 28.1. The molecule has 0 unspecified atom stereocenters. The quantitative estimate of drug-likeness (QED) is 0.101. The van der Waals surface area contributed by atoms with Crippen LogP contribution in [0, 0.1) is 0 Å². The standard InChI is InChI=1S/C47H49N3O7S/c1-5-38(6-2)50(45(53)33-22-24-35(25-23-33)47(55)57-4)29-32-10-9-11-36(28-32)42(51)49-44-41(39-12-7-8-13-40(39)58-44)43(52)48-37-26-18-31(19-27-37)15-14-30-16-20-34(21-17-30)46(54)56-3/h9-11,16-28,38H,5-8,12-15,29H2,1-4H3,(H,48,52)(H,49,51). The molecule has 0 aliphatic heterocycles. The minimum Gasteiger partial charge on any atom is -0.465 e. The molecule has 58 heavy (non-hydrogen) atoms. The largest absolute Gasteiger partial charge is 0.465 e. The number of esters is 2. The Morgan fingerprint density at radius 1 is 0.655 bits per heavy atom. The highest BCUT2D eigenvalue weighted by Gasteiger charge is 2.28. The van der Waals surface area contributed by atoms with Crippen LogP contribution >= 0.6 is 11.3 Å². The predicted octanol–water partition coefficient (Wildman–Crippen LogP) is 9.32. The third kappa shape index (κ3) is 9.89. The molecule has 2 N–H and O–H groups in total. The summed E-state index contributed by atoms with van der Waals surface area (Å²) in [6.45, 7) is 4.37. The molecule has 0 saturated carbocycles. The first-order valence-corrected chi connectivity index (χ1v) is 20.6. The van der Waals surface area contributed by atoms with Gasteiger partial charge >= 0.3 is 11.9 Å². The van der Waals surface area contributed by atoms with Crippen LogP contribution in [-0.4, -0.2) is 54.8 Å². The number of aryl methyl sites for hydroxylation is 3. The van der Waals surface area contributed by atoms with Crippen molar-refractivity contribution >= 4 is 51.7 Å². The zero-order chi connectivity index (χ0) is 41.2. The molecule has 1 aliphatic carbocycles. The van der Waals surface area contributed by atoms with Crippen molar-refractivity contribution in [1.29, 1.82) is 0 Å². The first kappa shape index (κ1) is 41.6. The van der Waals surface area contributed by atoms with Gasteiger partial charge in [-0.2, -0.15) is 0 Å².